The predicted molar refractivity (Wildman–Crippen MR) is 81.6 cm³/mol. The Labute approximate surface area is 126 Å². The van der Waals surface area contributed by atoms with E-state index >= 15 is 0 Å². The molecule has 0 saturated heterocycles. The van der Waals surface area contributed by atoms with Crippen LogP contribution in [0.15, 0.2) is 5.11 Å². The summed E-state index contributed by atoms with van der Waals surface area (Å²) < 4.78 is 4.52. The summed E-state index contributed by atoms with van der Waals surface area (Å²) >= 11 is 0. The molecule has 0 saturated carbocycles. The average Bonchev–Trinajstić information content (AvgIpc) is 2.09. The zero-order valence-electron chi connectivity index (χ0n) is 9.84. The Kier molecular flexibility index (Phi) is 8.95. The van der Waals surface area contributed by atoms with Crippen molar-refractivity contribution in [2.45, 2.75) is 27.2 Å². The molecular weight excluding hydrogens is 479 g/mol. The zero-order valence-corrected chi connectivity index (χ0v) is 16.9. The van der Waals surface area contributed by atoms with Gasteiger partial charge in [-0.05, 0) is 6.92 Å². The van der Waals surface area contributed by atoms with Crippen LogP contribution in [0.25, 0.3) is 0 Å². The Morgan fingerprint density at radius 2 is 1.56 bits per heavy atom. The molecule has 11 heteroatoms. The van der Waals surface area contributed by atoms with Gasteiger partial charge in [-0.3, -0.25) is 0 Å². The number of halogens is 6. The average molecular weight is 492 g/mol. The van der Waals surface area contributed by atoms with Gasteiger partial charge in [0.05, 0.1) is 11.4 Å². The van der Waals surface area contributed by atoms with Crippen molar-refractivity contribution < 1.29 is 14.3 Å². The summed E-state index contributed by atoms with van der Waals surface area (Å²) in [7, 11) is 25.0. The summed E-state index contributed by atoms with van der Waals surface area (Å²) in [6.45, 7) is 5.81. The first kappa shape index (κ1) is 21.7. The van der Waals surface area contributed by atoms with Crippen LogP contribution in [0.3, 0.4) is 0 Å². The van der Waals surface area contributed by atoms with Crippen molar-refractivity contribution in [3.05, 3.63) is 0 Å². The maximum atomic E-state index is 10.6. The molecule has 0 bridgehead atoms. The molecule has 0 unspecified atom stereocenters. The van der Waals surface area contributed by atoms with Gasteiger partial charge in [-0.25, -0.2) is 4.79 Å². The summed E-state index contributed by atoms with van der Waals surface area (Å²) in [4.78, 5) is 14.2. The first-order valence-electron chi connectivity index (χ1n) is 4.63. The minimum atomic E-state index is -5.42. The van der Waals surface area contributed by atoms with E-state index in [-0.39, 0.29) is 0 Å². The number of ether oxygens (including phenoxy) is 1. The molecule has 0 N–H and O–H groups in total. The van der Waals surface area contributed by atoms with Crippen LogP contribution in [-0.2, 0) is 4.74 Å². The topological polar surface area (TPSA) is 52.8 Å². The molecule has 0 aliphatic heterocycles. The van der Waals surface area contributed by atoms with E-state index < -0.39 is 15.2 Å². The van der Waals surface area contributed by atoms with Crippen molar-refractivity contribution in [1.29, 1.82) is 0 Å². The van der Waals surface area contributed by atoms with Crippen LogP contribution in [-0.4, -0.2) is 32.3 Å². The molecule has 4 nitrogen and oxygen atoms in total. The monoisotopic (exact) mass is 488 g/mol. The molecule has 0 radical (unpaired) electrons. The number of amides is 1. The van der Waals surface area contributed by atoms with E-state index in [9.17, 15) is 4.79 Å². The molecule has 0 aromatic rings. The van der Waals surface area contributed by atoms with Gasteiger partial charge in [-0.1, -0.05) is 6.92 Å². The maximum absolute atomic E-state index is 10.6. The fraction of sp³-hybridized carbons (Fsp3) is 0.714. The van der Waals surface area contributed by atoms with E-state index in [1.807, 2.05) is 13.8 Å². The van der Waals surface area contributed by atoms with Gasteiger partial charge in [0, 0.05) is 13.3 Å². The number of hydrogen-bond acceptors (Lipinski definition) is 2. The summed E-state index contributed by atoms with van der Waals surface area (Å²) in [5.74, 6) is 0. The number of hydrogen-bond donors (Lipinski definition) is 0. The first-order valence-corrected chi connectivity index (χ1v) is 24.0. The van der Waals surface area contributed by atoms with E-state index in [2.05, 4.69) is 14.6 Å². The van der Waals surface area contributed by atoms with Gasteiger partial charge in [0.25, 0.3) is 0 Å². The Hall–Kier alpha value is 1.41. The van der Waals surface area contributed by atoms with Gasteiger partial charge in [-0.2, -0.15) is 0 Å². The quantitative estimate of drug-likeness (QED) is 0.224. The molecule has 1 amide bonds. The minimum absolute atomic E-state index is 0.336. The molecule has 0 aromatic heterocycles. The van der Waals surface area contributed by atoms with Crippen molar-refractivity contribution >= 4 is 73.9 Å². The molecule has 0 spiro atoms. The van der Waals surface area contributed by atoms with Gasteiger partial charge in [0.15, 0.2) is 0 Å². The molecule has 0 heterocycles. The summed E-state index contributed by atoms with van der Waals surface area (Å²) in [6, 6.07) is 0. The molecule has 0 aliphatic rings. The second kappa shape index (κ2) is 7.43. The van der Waals surface area contributed by atoms with Gasteiger partial charge >= 0.3 is 73.9 Å². The second-order valence-electron chi connectivity index (χ2n) is 2.95. The van der Waals surface area contributed by atoms with Crippen molar-refractivity contribution in [3.63, 3.8) is 0 Å². The second-order valence-corrected chi connectivity index (χ2v) is 59.8. The molecule has 0 rings (SSSR count). The van der Waals surface area contributed by atoms with Crippen LogP contribution in [0.2, 0.25) is 0 Å². The molecule has 0 fully saturated rings. The van der Waals surface area contributed by atoms with Crippen LogP contribution in [0.1, 0.15) is 27.2 Å². The number of rotatable bonds is 2. The third kappa shape index (κ3) is 36.0. The Morgan fingerprint density at radius 3 is 1.83 bits per heavy atom. The van der Waals surface area contributed by atoms with Crippen molar-refractivity contribution in [1.82, 2.24) is 0 Å². The van der Waals surface area contributed by atoms with Crippen LogP contribution in [0.5, 0.6) is 0 Å². The molecule has 0 aromatic carbocycles. The van der Waals surface area contributed by atoms with Crippen molar-refractivity contribution in [2.75, 3.05) is 6.61 Å². The number of carbonyl (C=O) groups excluding carboxylic acids is 1. The van der Waals surface area contributed by atoms with Gasteiger partial charge in [0.2, 0.25) is 5.11 Å². The summed E-state index contributed by atoms with van der Waals surface area (Å²) in [5, 5.41) is 3.31. The molecule has 0 aliphatic carbocycles. The Morgan fingerprint density at radius 1 is 1.17 bits per heavy atom. The van der Waals surface area contributed by atoms with E-state index in [0.29, 0.717) is 6.61 Å². The Bertz CT molecular complexity index is 345. The van der Waals surface area contributed by atoms with Crippen molar-refractivity contribution in [3.8, 4) is 0 Å². The zero-order chi connectivity index (χ0) is 15.1. The van der Waals surface area contributed by atoms with E-state index in [0.717, 1.165) is 12.1 Å². The standard InChI is InChI=1S/C7H13N2O2.6ClH.Sb/c1-4-6(3)8-9-7(10)11-5-2;;;;;;;/h4-5H2,1-3H3;6*1H;/q+1;;;;;;;+5/p-6. The van der Waals surface area contributed by atoms with Gasteiger partial charge < -0.3 is 4.74 Å². The first-order chi connectivity index (χ1) is 7.65. The van der Waals surface area contributed by atoms with E-state index in [1.165, 1.54) is 0 Å². The SMILES string of the molecule is CCOC(=O)N=[N+]=C(C)CC.[Cl][Sb-]([Cl])([Cl])([Cl])([Cl])[Cl]. The van der Waals surface area contributed by atoms with E-state index in [1.54, 1.807) is 6.92 Å². The molecule has 0 atom stereocenters. The third-order valence-corrected chi connectivity index (χ3v) is 1.08. The third-order valence-electron chi connectivity index (χ3n) is 1.08. The Balaban J connectivity index is 0. The predicted octanol–water partition coefficient (Wildman–Crippen LogP) is 5.43. The summed E-state index contributed by atoms with van der Waals surface area (Å²) in [5.41, 5.74) is 0.818. The number of carbonyl (C=O) groups is 1. The molecular formula is C7H13Cl6N2O2Sb. The van der Waals surface area contributed by atoms with Gasteiger partial charge in [-0.15, -0.1) is 0 Å². The van der Waals surface area contributed by atoms with Crippen LogP contribution in [0.4, 0.5) is 4.79 Å². The normalized spacial score (nSPS) is 14.1. The fourth-order valence-electron chi connectivity index (χ4n) is 0.349. The van der Waals surface area contributed by atoms with Gasteiger partial charge in [0.1, 0.15) is 0 Å². The van der Waals surface area contributed by atoms with Crippen LogP contribution < -0.4 is 0 Å². The fourth-order valence-corrected chi connectivity index (χ4v) is 0.349. The molecule has 18 heavy (non-hydrogen) atoms. The van der Waals surface area contributed by atoms with E-state index in [4.69, 9.17) is 53.0 Å². The number of nitrogens with zero attached hydrogens (tertiary/aromatic N) is 2. The van der Waals surface area contributed by atoms with Crippen molar-refractivity contribution in [2.24, 2.45) is 5.11 Å². The van der Waals surface area contributed by atoms with Crippen LogP contribution in [0, 0.1) is 0 Å². The summed E-state index contributed by atoms with van der Waals surface area (Å²) in [6.07, 6.45) is 0.170. The van der Waals surface area contributed by atoms with Crippen LogP contribution >= 0.6 is 53.0 Å². The molecule has 110 valence electrons.